The number of halogens is 3. The van der Waals surface area contributed by atoms with Crippen LogP contribution >= 0.6 is 12.2 Å². The molecule has 0 radical (unpaired) electrons. The molecular formula is C14H11F3N6S. The van der Waals surface area contributed by atoms with E-state index < -0.39 is 11.7 Å². The molecule has 0 aliphatic heterocycles. The molecule has 2 N–H and O–H groups in total. The summed E-state index contributed by atoms with van der Waals surface area (Å²) in [6, 6.07) is 6.87. The number of nitrogens with one attached hydrogen (secondary N) is 2. The van der Waals surface area contributed by atoms with Crippen molar-refractivity contribution in [3.8, 4) is 11.5 Å². The Morgan fingerprint density at radius 3 is 2.62 bits per heavy atom. The summed E-state index contributed by atoms with van der Waals surface area (Å²) in [6.07, 6.45) is -3.38. The smallest absolute Gasteiger partial charge is 0.282 e. The maximum absolute atomic E-state index is 13.0. The molecule has 24 heavy (non-hydrogen) atoms. The minimum Gasteiger partial charge on any atom is -0.282 e. The van der Waals surface area contributed by atoms with Crippen molar-refractivity contribution in [2.24, 2.45) is 5.10 Å². The lowest BCUT2D eigenvalue weighted by molar-refractivity contribution is -0.137. The quantitative estimate of drug-likeness (QED) is 0.559. The standard InChI is InChI=1S/C14H11F3N6S/c1-8-6-11(20-19-8)12-21-22-13(24)23(12)18-7-9-4-2-3-5-10(9)14(15,16)17/h2-7H,1H3,(H,19,20)(H,22,24)/b18-7+. The fourth-order valence-electron chi connectivity index (χ4n) is 2.08. The number of rotatable bonds is 3. The second-order valence-electron chi connectivity index (χ2n) is 4.93. The van der Waals surface area contributed by atoms with Crippen LogP contribution in [0.15, 0.2) is 35.4 Å². The number of aromatic amines is 2. The molecule has 0 saturated heterocycles. The summed E-state index contributed by atoms with van der Waals surface area (Å²) in [6.45, 7) is 1.81. The lowest BCUT2D eigenvalue weighted by atomic mass is 10.1. The Morgan fingerprint density at radius 1 is 1.21 bits per heavy atom. The molecule has 6 nitrogen and oxygen atoms in total. The predicted molar refractivity (Wildman–Crippen MR) is 84.2 cm³/mol. The molecule has 0 aliphatic carbocycles. The van der Waals surface area contributed by atoms with Crippen LogP contribution in [0.5, 0.6) is 0 Å². The molecule has 2 heterocycles. The van der Waals surface area contributed by atoms with E-state index in [1.165, 1.54) is 22.9 Å². The first-order valence-electron chi connectivity index (χ1n) is 6.76. The summed E-state index contributed by atoms with van der Waals surface area (Å²) in [7, 11) is 0. The van der Waals surface area contributed by atoms with Gasteiger partial charge in [0.05, 0.1) is 11.8 Å². The number of nitrogens with zero attached hydrogens (tertiary/aromatic N) is 4. The molecular weight excluding hydrogens is 341 g/mol. The van der Waals surface area contributed by atoms with Gasteiger partial charge in [0, 0.05) is 11.3 Å². The zero-order chi connectivity index (χ0) is 17.3. The van der Waals surface area contributed by atoms with Crippen LogP contribution in [0.25, 0.3) is 11.5 Å². The monoisotopic (exact) mass is 352 g/mol. The minimum atomic E-state index is -4.47. The van der Waals surface area contributed by atoms with Gasteiger partial charge in [-0.3, -0.25) is 5.10 Å². The summed E-state index contributed by atoms with van der Waals surface area (Å²) < 4.78 is 40.4. The molecule has 0 unspecified atom stereocenters. The molecule has 0 spiro atoms. The minimum absolute atomic E-state index is 0.0720. The van der Waals surface area contributed by atoms with E-state index in [0.717, 1.165) is 18.0 Å². The van der Waals surface area contributed by atoms with E-state index in [2.05, 4.69) is 25.5 Å². The van der Waals surface area contributed by atoms with E-state index in [9.17, 15) is 13.2 Å². The Kier molecular flexibility index (Phi) is 4.06. The fourth-order valence-corrected chi connectivity index (χ4v) is 2.26. The van der Waals surface area contributed by atoms with Crippen LogP contribution < -0.4 is 0 Å². The Bertz CT molecular complexity index is 950. The molecule has 10 heteroatoms. The van der Waals surface area contributed by atoms with Crippen molar-refractivity contribution in [3.63, 3.8) is 0 Å². The number of H-pyrrole nitrogens is 2. The molecule has 0 saturated carbocycles. The highest BCUT2D eigenvalue weighted by Crippen LogP contribution is 2.31. The third-order valence-corrected chi connectivity index (χ3v) is 3.43. The van der Waals surface area contributed by atoms with E-state index in [4.69, 9.17) is 12.2 Å². The topological polar surface area (TPSA) is 74.7 Å². The van der Waals surface area contributed by atoms with Crippen LogP contribution in [0.1, 0.15) is 16.8 Å². The van der Waals surface area contributed by atoms with Gasteiger partial charge in [-0.15, -0.1) is 0 Å². The molecule has 0 aliphatic rings. The largest absolute Gasteiger partial charge is 0.417 e. The van der Waals surface area contributed by atoms with Gasteiger partial charge in [-0.2, -0.15) is 33.1 Å². The van der Waals surface area contributed by atoms with Crippen molar-refractivity contribution in [3.05, 3.63) is 51.9 Å². The number of alkyl halides is 3. The first kappa shape index (κ1) is 16.1. The third-order valence-electron chi connectivity index (χ3n) is 3.16. The van der Waals surface area contributed by atoms with E-state index >= 15 is 0 Å². The maximum Gasteiger partial charge on any atom is 0.417 e. The number of benzene rings is 1. The Hall–Kier alpha value is -2.75. The van der Waals surface area contributed by atoms with Gasteiger partial charge in [0.2, 0.25) is 10.6 Å². The Balaban J connectivity index is 2.03. The summed E-state index contributed by atoms with van der Waals surface area (Å²) in [5, 5.41) is 17.4. The second-order valence-corrected chi connectivity index (χ2v) is 5.32. The summed E-state index contributed by atoms with van der Waals surface area (Å²) >= 11 is 5.07. The lowest BCUT2D eigenvalue weighted by Crippen LogP contribution is -2.09. The van der Waals surface area contributed by atoms with Crippen LogP contribution in [-0.4, -0.2) is 31.3 Å². The summed E-state index contributed by atoms with van der Waals surface area (Å²) in [5.74, 6) is 0.296. The SMILES string of the molecule is Cc1cc(-c2n[nH]c(=S)n2/N=C/c2ccccc2C(F)(F)F)n[nH]1. The number of aromatic nitrogens is 5. The Labute approximate surface area is 139 Å². The first-order chi connectivity index (χ1) is 11.4. The molecule has 124 valence electrons. The van der Waals surface area contributed by atoms with Crippen molar-refractivity contribution in [2.45, 2.75) is 13.1 Å². The lowest BCUT2D eigenvalue weighted by Gasteiger charge is -2.09. The number of hydrogen-bond acceptors (Lipinski definition) is 4. The van der Waals surface area contributed by atoms with Crippen molar-refractivity contribution >= 4 is 18.4 Å². The average molecular weight is 352 g/mol. The van der Waals surface area contributed by atoms with Crippen molar-refractivity contribution in [2.75, 3.05) is 0 Å². The predicted octanol–water partition coefficient (Wildman–Crippen LogP) is 3.54. The third kappa shape index (κ3) is 3.13. The van der Waals surface area contributed by atoms with Crippen molar-refractivity contribution in [1.29, 1.82) is 0 Å². The van der Waals surface area contributed by atoms with Gasteiger partial charge in [-0.05, 0) is 31.3 Å². The molecule has 1 aromatic carbocycles. The van der Waals surface area contributed by atoms with Gasteiger partial charge in [0.25, 0.3) is 0 Å². The van der Waals surface area contributed by atoms with Gasteiger partial charge in [-0.1, -0.05) is 18.2 Å². The van der Waals surface area contributed by atoms with Gasteiger partial charge >= 0.3 is 6.18 Å². The fraction of sp³-hybridized carbons (Fsp3) is 0.143. The maximum atomic E-state index is 13.0. The number of aryl methyl sites for hydroxylation is 1. The average Bonchev–Trinajstić information content (AvgIpc) is 3.10. The van der Waals surface area contributed by atoms with Gasteiger partial charge in [-0.25, -0.2) is 5.10 Å². The molecule has 3 rings (SSSR count). The zero-order valence-electron chi connectivity index (χ0n) is 12.3. The van der Waals surface area contributed by atoms with Gasteiger partial charge in [0.15, 0.2) is 0 Å². The normalized spacial score (nSPS) is 12.2. The van der Waals surface area contributed by atoms with Crippen LogP contribution in [-0.2, 0) is 6.18 Å². The first-order valence-corrected chi connectivity index (χ1v) is 7.17. The molecule has 0 atom stereocenters. The van der Waals surface area contributed by atoms with Crippen LogP contribution in [0.4, 0.5) is 13.2 Å². The van der Waals surface area contributed by atoms with E-state index in [0.29, 0.717) is 11.5 Å². The molecule has 3 aromatic rings. The highest BCUT2D eigenvalue weighted by atomic mass is 32.1. The van der Waals surface area contributed by atoms with Crippen molar-refractivity contribution in [1.82, 2.24) is 25.1 Å². The van der Waals surface area contributed by atoms with Gasteiger partial charge in [0.1, 0.15) is 5.69 Å². The Morgan fingerprint density at radius 2 is 1.96 bits per heavy atom. The van der Waals surface area contributed by atoms with Crippen molar-refractivity contribution < 1.29 is 13.2 Å². The highest BCUT2D eigenvalue weighted by molar-refractivity contribution is 7.71. The zero-order valence-corrected chi connectivity index (χ0v) is 13.1. The van der Waals surface area contributed by atoms with Crippen LogP contribution in [0.3, 0.4) is 0 Å². The second kappa shape index (κ2) is 6.04. The van der Waals surface area contributed by atoms with E-state index in [1.54, 1.807) is 6.07 Å². The van der Waals surface area contributed by atoms with E-state index in [-0.39, 0.29) is 10.3 Å². The molecule has 2 aromatic heterocycles. The van der Waals surface area contributed by atoms with E-state index in [1.807, 2.05) is 6.92 Å². The summed E-state index contributed by atoms with van der Waals surface area (Å²) in [4.78, 5) is 0. The van der Waals surface area contributed by atoms with Crippen LogP contribution in [0, 0.1) is 11.7 Å². The molecule has 0 amide bonds. The molecule has 0 bridgehead atoms. The van der Waals surface area contributed by atoms with Crippen LogP contribution in [0.2, 0.25) is 0 Å². The summed E-state index contributed by atoms with van der Waals surface area (Å²) in [5.41, 5.74) is 0.427. The van der Waals surface area contributed by atoms with Gasteiger partial charge < -0.3 is 0 Å². The highest BCUT2D eigenvalue weighted by Gasteiger charge is 2.32. The number of hydrogen-bond donors (Lipinski definition) is 2. The molecule has 0 fully saturated rings.